The fourth-order valence-electron chi connectivity index (χ4n) is 2.73. The van der Waals surface area contributed by atoms with Crippen LogP contribution in [-0.4, -0.2) is 19.6 Å². The Balaban J connectivity index is 1.50. The van der Waals surface area contributed by atoms with Crippen molar-refractivity contribution in [1.82, 2.24) is 5.32 Å². The number of fused-ring (bicyclic) bond motifs is 1. The van der Waals surface area contributed by atoms with Crippen molar-refractivity contribution in [3.63, 3.8) is 0 Å². The van der Waals surface area contributed by atoms with Crippen molar-refractivity contribution >= 4 is 16.9 Å². The molecule has 0 aliphatic rings. The van der Waals surface area contributed by atoms with Gasteiger partial charge in [0.05, 0.1) is 19.8 Å². The van der Waals surface area contributed by atoms with E-state index in [9.17, 15) is 4.79 Å². The van der Waals surface area contributed by atoms with E-state index in [1.165, 1.54) is 5.56 Å². The Hall–Kier alpha value is -2.75. The summed E-state index contributed by atoms with van der Waals surface area (Å²) in [5.41, 5.74) is 2.93. The second kappa shape index (κ2) is 7.68. The molecule has 0 bridgehead atoms. The highest BCUT2D eigenvalue weighted by Crippen LogP contribution is 2.25. The summed E-state index contributed by atoms with van der Waals surface area (Å²) < 4.78 is 10.7. The Morgan fingerprint density at radius 1 is 1.17 bits per heavy atom. The second-order valence-corrected chi connectivity index (χ2v) is 5.74. The van der Waals surface area contributed by atoms with Crippen molar-refractivity contribution in [3.8, 4) is 5.75 Å². The van der Waals surface area contributed by atoms with E-state index in [4.69, 9.17) is 9.15 Å². The molecule has 3 rings (SSSR count). The molecule has 0 fully saturated rings. The van der Waals surface area contributed by atoms with E-state index in [1.807, 2.05) is 36.4 Å². The van der Waals surface area contributed by atoms with Crippen molar-refractivity contribution < 1.29 is 13.9 Å². The van der Waals surface area contributed by atoms with Crippen LogP contribution in [-0.2, 0) is 17.6 Å². The predicted molar refractivity (Wildman–Crippen MR) is 94.2 cm³/mol. The van der Waals surface area contributed by atoms with Gasteiger partial charge in [0, 0.05) is 23.6 Å². The van der Waals surface area contributed by atoms with E-state index < -0.39 is 0 Å². The van der Waals surface area contributed by atoms with Gasteiger partial charge in [0.2, 0.25) is 5.91 Å². The number of methoxy groups -OCH3 is 1. The first-order valence-corrected chi connectivity index (χ1v) is 8.11. The average molecular weight is 323 g/mol. The third kappa shape index (κ3) is 3.96. The smallest absolute Gasteiger partial charge is 0.224 e. The third-order valence-corrected chi connectivity index (χ3v) is 4.02. The van der Waals surface area contributed by atoms with Crippen LogP contribution in [0.4, 0.5) is 0 Å². The number of carbonyl (C=O) groups is 1. The monoisotopic (exact) mass is 323 g/mol. The summed E-state index contributed by atoms with van der Waals surface area (Å²) in [6.07, 6.45) is 3.87. The first kappa shape index (κ1) is 16.1. The van der Waals surface area contributed by atoms with Gasteiger partial charge in [0.15, 0.2) is 0 Å². The summed E-state index contributed by atoms with van der Waals surface area (Å²) >= 11 is 0. The van der Waals surface area contributed by atoms with E-state index in [0.717, 1.165) is 35.1 Å². The van der Waals surface area contributed by atoms with Crippen LogP contribution in [0.5, 0.6) is 5.75 Å². The highest BCUT2D eigenvalue weighted by molar-refractivity contribution is 5.88. The predicted octanol–water partition coefficient (Wildman–Crippen LogP) is 3.73. The average Bonchev–Trinajstić information content (AvgIpc) is 3.01. The molecular weight excluding hydrogens is 302 g/mol. The number of nitrogens with one attached hydrogen (secondary N) is 1. The summed E-state index contributed by atoms with van der Waals surface area (Å²) in [6, 6.07) is 15.9. The number of hydrogen-bond donors (Lipinski definition) is 1. The Kier molecular flexibility index (Phi) is 5.16. The summed E-state index contributed by atoms with van der Waals surface area (Å²) in [4.78, 5) is 12.1. The summed E-state index contributed by atoms with van der Waals surface area (Å²) in [5.74, 6) is 0.760. The molecule has 0 atom stereocenters. The van der Waals surface area contributed by atoms with Crippen LogP contribution in [0.25, 0.3) is 11.0 Å². The van der Waals surface area contributed by atoms with Crippen molar-refractivity contribution in [1.29, 1.82) is 0 Å². The molecule has 0 saturated heterocycles. The van der Waals surface area contributed by atoms with Crippen LogP contribution in [0, 0.1) is 0 Å². The van der Waals surface area contributed by atoms with Crippen LogP contribution in [0.1, 0.15) is 17.5 Å². The Labute approximate surface area is 141 Å². The summed E-state index contributed by atoms with van der Waals surface area (Å²) in [5, 5.41) is 3.93. The van der Waals surface area contributed by atoms with Gasteiger partial charge in [-0.3, -0.25) is 4.79 Å². The lowest BCUT2D eigenvalue weighted by molar-refractivity contribution is -0.120. The molecule has 0 aliphatic heterocycles. The van der Waals surface area contributed by atoms with E-state index in [-0.39, 0.29) is 5.91 Å². The third-order valence-electron chi connectivity index (χ3n) is 4.02. The lowest BCUT2D eigenvalue weighted by Gasteiger charge is -2.05. The number of benzene rings is 2. The Morgan fingerprint density at radius 2 is 2.00 bits per heavy atom. The first-order valence-electron chi connectivity index (χ1n) is 8.11. The molecule has 0 radical (unpaired) electrons. The normalized spacial score (nSPS) is 10.7. The molecule has 1 N–H and O–H groups in total. The van der Waals surface area contributed by atoms with Gasteiger partial charge < -0.3 is 14.5 Å². The van der Waals surface area contributed by atoms with Gasteiger partial charge in [-0.15, -0.1) is 0 Å². The van der Waals surface area contributed by atoms with Crippen molar-refractivity contribution in [2.45, 2.75) is 19.3 Å². The SMILES string of the molecule is COc1ccc2c(CC(=O)NCCCc3ccccc3)coc2c1. The minimum atomic E-state index is 0.0154. The highest BCUT2D eigenvalue weighted by Gasteiger charge is 2.10. The minimum absolute atomic E-state index is 0.0154. The number of ether oxygens (including phenoxy) is 1. The molecular formula is C20H21NO3. The maximum Gasteiger partial charge on any atom is 0.224 e. The van der Waals surface area contributed by atoms with Crippen LogP contribution >= 0.6 is 0 Å². The van der Waals surface area contributed by atoms with Crippen molar-refractivity contribution in [2.75, 3.05) is 13.7 Å². The molecule has 124 valence electrons. The van der Waals surface area contributed by atoms with Crippen molar-refractivity contribution in [2.24, 2.45) is 0 Å². The van der Waals surface area contributed by atoms with E-state index in [2.05, 4.69) is 17.4 Å². The standard InChI is InChI=1S/C20H21NO3/c1-23-17-9-10-18-16(14-24-19(18)13-17)12-20(22)21-11-5-8-15-6-3-2-4-7-15/h2-4,6-7,9-10,13-14H,5,8,11-12H2,1H3,(H,21,22). The first-order chi connectivity index (χ1) is 11.8. The van der Waals surface area contributed by atoms with Gasteiger partial charge in [-0.05, 0) is 30.5 Å². The molecule has 1 amide bonds. The van der Waals surface area contributed by atoms with Gasteiger partial charge in [-0.1, -0.05) is 30.3 Å². The van der Waals surface area contributed by atoms with Crippen molar-refractivity contribution in [3.05, 3.63) is 65.9 Å². The molecule has 0 aliphatic carbocycles. The zero-order valence-electron chi connectivity index (χ0n) is 13.7. The number of amides is 1. The molecule has 3 aromatic rings. The summed E-state index contributed by atoms with van der Waals surface area (Å²) in [6.45, 7) is 0.678. The van der Waals surface area contributed by atoms with E-state index in [1.54, 1.807) is 13.4 Å². The zero-order chi connectivity index (χ0) is 16.8. The molecule has 0 saturated carbocycles. The molecule has 1 aromatic heterocycles. The van der Waals surface area contributed by atoms with Crippen LogP contribution in [0.15, 0.2) is 59.2 Å². The van der Waals surface area contributed by atoms with Crippen LogP contribution in [0.3, 0.4) is 0 Å². The highest BCUT2D eigenvalue weighted by atomic mass is 16.5. The van der Waals surface area contributed by atoms with E-state index >= 15 is 0 Å². The minimum Gasteiger partial charge on any atom is -0.497 e. The van der Waals surface area contributed by atoms with Gasteiger partial charge in [0.25, 0.3) is 0 Å². The van der Waals surface area contributed by atoms with Crippen LogP contribution in [0.2, 0.25) is 0 Å². The second-order valence-electron chi connectivity index (χ2n) is 5.74. The molecule has 1 heterocycles. The topological polar surface area (TPSA) is 51.5 Å². The number of hydrogen-bond acceptors (Lipinski definition) is 3. The largest absolute Gasteiger partial charge is 0.497 e. The number of carbonyl (C=O) groups excluding carboxylic acids is 1. The molecule has 4 nitrogen and oxygen atoms in total. The van der Waals surface area contributed by atoms with E-state index in [0.29, 0.717) is 13.0 Å². The fourth-order valence-corrected chi connectivity index (χ4v) is 2.73. The molecule has 4 heteroatoms. The quantitative estimate of drug-likeness (QED) is 0.674. The maximum absolute atomic E-state index is 12.1. The lowest BCUT2D eigenvalue weighted by atomic mass is 10.1. The van der Waals surface area contributed by atoms with Crippen LogP contribution < -0.4 is 10.1 Å². The molecule has 0 spiro atoms. The maximum atomic E-state index is 12.1. The Morgan fingerprint density at radius 3 is 2.79 bits per heavy atom. The zero-order valence-corrected chi connectivity index (χ0v) is 13.7. The fraction of sp³-hybridized carbons (Fsp3) is 0.250. The van der Waals surface area contributed by atoms with Gasteiger partial charge in [-0.2, -0.15) is 0 Å². The van der Waals surface area contributed by atoms with Gasteiger partial charge in [0.1, 0.15) is 11.3 Å². The summed E-state index contributed by atoms with van der Waals surface area (Å²) in [7, 11) is 1.62. The van der Waals surface area contributed by atoms with Gasteiger partial charge in [-0.25, -0.2) is 0 Å². The molecule has 2 aromatic carbocycles. The molecule has 0 unspecified atom stereocenters. The lowest BCUT2D eigenvalue weighted by Crippen LogP contribution is -2.26. The molecule has 24 heavy (non-hydrogen) atoms. The number of furan rings is 1. The number of aryl methyl sites for hydroxylation is 1. The van der Waals surface area contributed by atoms with Gasteiger partial charge >= 0.3 is 0 Å². The number of rotatable bonds is 7. The Bertz CT molecular complexity index is 808.